The monoisotopic (exact) mass is 493 g/mol. The van der Waals surface area contributed by atoms with Crippen LogP contribution in [0.15, 0.2) is 0 Å². The second-order valence-electron chi connectivity index (χ2n) is 7.61. The lowest BCUT2D eigenvalue weighted by molar-refractivity contribution is -0.142. The summed E-state index contributed by atoms with van der Waals surface area (Å²) in [4.78, 5) is 48.9. The minimum Gasteiger partial charge on any atom is -0.480 e. The van der Waals surface area contributed by atoms with Crippen molar-refractivity contribution >= 4 is 54.9 Å². The predicted molar refractivity (Wildman–Crippen MR) is 128 cm³/mol. The molecule has 3 amide bonds. The number of nitrogens with one attached hydrogen (secondary N) is 5. The second kappa shape index (κ2) is 15.6. The number of rotatable bonds is 15. The largest absolute Gasteiger partial charge is 0.480 e. The number of amides is 3. The Hall–Kier alpha value is -2.19. The molecule has 184 valence electrons. The standard InChI is InChI=1S/C18H35N7O5S2/c1-9(2)6-12(24-14(26)10(19)7-31)15(27)25-13(8-32)16(28)23-11(17(29)30)4-3-5-22-18(20)21/h9-13,31-32H,3-8,19H2,1-2H3,(H,23,28)(H,24,26)(H,25,27)(H,29,30)(H4,20,21,22)/t10-,11-,12-,13-/m0/s1. The maximum Gasteiger partial charge on any atom is 0.326 e. The van der Waals surface area contributed by atoms with Crippen LogP contribution in [0.5, 0.6) is 0 Å². The van der Waals surface area contributed by atoms with Crippen molar-refractivity contribution in [1.29, 1.82) is 5.41 Å². The van der Waals surface area contributed by atoms with E-state index in [4.69, 9.17) is 16.9 Å². The molecule has 14 heteroatoms. The molecule has 0 unspecified atom stereocenters. The first kappa shape index (κ1) is 29.8. The van der Waals surface area contributed by atoms with Gasteiger partial charge in [0, 0.05) is 18.1 Å². The van der Waals surface area contributed by atoms with Crippen molar-refractivity contribution < 1.29 is 24.3 Å². The summed E-state index contributed by atoms with van der Waals surface area (Å²) in [7, 11) is 0. The number of hydrogen-bond acceptors (Lipinski definition) is 8. The maximum atomic E-state index is 12.7. The van der Waals surface area contributed by atoms with Gasteiger partial charge in [-0.3, -0.25) is 19.8 Å². The first-order chi connectivity index (χ1) is 14.9. The normalized spacial score (nSPS) is 14.6. The fourth-order valence-electron chi connectivity index (χ4n) is 2.59. The third kappa shape index (κ3) is 12.0. The molecule has 10 N–H and O–H groups in total. The van der Waals surface area contributed by atoms with Crippen molar-refractivity contribution in [2.75, 3.05) is 18.1 Å². The molecule has 0 aliphatic heterocycles. The van der Waals surface area contributed by atoms with E-state index in [1.54, 1.807) is 0 Å². The average Bonchev–Trinajstić information content (AvgIpc) is 2.71. The van der Waals surface area contributed by atoms with Gasteiger partial charge in [0.15, 0.2) is 5.96 Å². The van der Waals surface area contributed by atoms with Crippen LogP contribution in [-0.4, -0.2) is 77.0 Å². The molecule has 4 atom stereocenters. The van der Waals surface area contributed by atoms with Crippen LogP contribution in [0.3, 0.4) is 0 Å². The average molecular weight is 494 g/mol. The molecule has 0 heterocycles. The van der Waals surface area contributed by atoms with Gasteiger partial charge in [0.2, 0.25) is 17.7 Å². The van der Waals surface area contributed by atoms with Gasteiger partial charge < -0.3 is 37.8 Å². The van der Waals surface area contributed by atoms with Gasteiger partial charge in [-0.1, -0.05) is 13.8 Å². The Morgan fingerprint density at radius 2 is 1.47 bits per heavy atom. The summed E-state index contributed by atoms with van der Waals surface area (Å²) in [5.41, 5.74) is 10.8. The quantitative estimate of drug-likeness (QED) is 0.0533. The molecule has 32 heavy (non-hydrogen) atoms. The molecule has 0 rings (SSSR count). The summed E-state index contributed by atoms with van der Waals surface area (Å²) in [5.74, 6) is -3.28. The van der Waals surface area contributed by atoms with Gasteiger partial charge >= 0.3 is 5.97 Å². The molecular weight excluding hydrogens is 458 g/mol. The molecule has 0 saturated carbocycles. The Balaban J connectivity index is 5.09. The smallest absolute Gasteiger partial charge is 0.326 e. The molecule has 0 aliphatic rings. The summed E-state index contributed by atoms with van der Waals surface area (Å²) in [5, 5.41) is 26.4. The molecular formula is C18H35N7O5S2. The van der Waals surface area contributed by atoms with Gasteiger partial charge in [0.25, 0.3) is 0 Å². The van der Waals surface area contributed by atoms with Crippen LogP contribution in [0.2, 0.25) is 0 Å². The SMILES string of the molecule is CC(C)C[C@H](NC(=O)[C@@H](N)CS)C(=O)N[C@@H](CS)C(=O)N[C@@H](CCCNC(=N)N)C(=O)O. The summed E-state index contributed by atoms with van der Waals surface area (Å²) >= 11 is 8.05. The molecule has 0 saturated heterocycles. The third-order valence-corrected chi connectivity index (χ3v) is 5.05. The number of carbonyl (C=O) groups is 4. The lowest BCUT2D eigenvalue weighted by atomic mass is 10.0. The number of guanidine groups is 1. The number of carboxylic acid groups (broad SMARTS) is 1. The van der Waals surface area contributed by atoms with E-state index in [2.05, 4.69) is 46.5 Å². The number of nitrogens with two attached hydrogens (primary N) is 2. The van der Waals surface area contributed by atoms with E-state index >= 15 is 0 Å². The molecule has 0 aromatic rings. The van der Waals surface area contributed by atoms with Gasteiger partial charge in [0.1, 0.15) is 18.1 Å². The van der Waals surface area contributed by atoms with E-state index in [1.807, 2.05) is 13.8 Å². The van der Waals surface area contributed by atoms with Gasteiger partial charge in [-0.15, -0.1) is 0 Å². The van der Waals surface area contributed by atoms with Crippen molar-refractivity contribution in [3.05, 3.63) is 0 Å². The third-order valence-electron chi connectivity index (χ3n) is 4.29. The molecule has 0 fully saturated rings. The Labute approximate surface area is 198 Å². The highest BCUT2D eigenvalue weighted by molar-refractivity contribution is 7.80. The predicted octanol–water partition coefficient (Wildman–Crippen LogP) is -1.98. The zero-order valence-electron chi connectivity index (χ0n) is 18.3. The number of carbonyl (C=O) groups excluding carboxylic acids is 3. The van der Waals surface area contributed by atoms with E-state index in [1.165, 1.54) is 0 Å². The van der Waals surface area contributed by atoms with E-state index in [9.17, 15) is 24.3 Å². The van der Waals surface area contributed by atoms with Crippen LogP contribution in [0.4, 0.5) is 0 Å². The van der Waals surface area contributed by atoms with Gasteiger partial charge in [-0.25, -0.2) is 4.79 Å². The summed E-state index contributed by atoms with van der Waals surface area (Å²) in [6.07, 6.45) is 0.726. The zero-order chi connectivity index (χ0) is 24.8. The van der Waals surface area contributed by atoms with Crippen molar-refractivity contribution in [3.63, 3.8) is 0 Å². The summed E-state index contributed by atoms with van der Waals surface area (Å²) < 4.78 is 0. The Morgan fingerprint density at radius 3 is 1.94 bits per heavy atom. The number of thiol groups is 2. The van der Waals surface area contributed by atoms with E-state index < -0.39 is 47.9 Å². The molecule has 0 aromatic carbocycles. The lowest BCUT2D eigenvalue weighted by Crippen LogP contribution is -2.58. The van der Waals surface area contributed by atoms with Crippen molar-refractivity contribution in [2.45, 2.75) is 57.3 Å². The van der Waals surface area contributed by atoms with Crippen molar-refractivity contribution in [1.82, 2.24) is 21.3 Å². The second-order valence-corrected chi connectivity index (χ2v) is 8.34. The molecule has 0 radical (unpaired) electrons. The zero-order valence-corrected chi connectivity index (χ0v) is 20.0. The van der Waals surface area contributed by atoms with E-state index in [0.717, 1.165) is 0 Å². The molecule has 0 bridgehead atoms. The van der Waals surface area contributed by atoms with E-state index in [0.29, 0.717) is 12.8 Å². The number of aliphatic carboxylic acids is 1. The fourth-order valence-corrected chi connectivity index (χ4v) is 3.01. The minimum atomic E-state index is -1.24. The van der Waals surface area contributed by atoms with Gasteiger partial charge in [-0.2, -0.15) is 25.3 Å². The highest BCUT2D eigenvalue weighted by atomic mass is 32.1. The summed E-state index contributed by atoms with van der Waals surface area (Å²) in [6, 6.07) is -4.14. The van der Waals surface area contributed by atoms with Crippen LogP contribution in [0, 0.1) is 11.3 Å². The van der Waals surface area contributed by atoms with Crippen LogP contribution in [-0.2, 0) is 19.2 Å². The number of hydrogen-bond donors (Lipinski definition) is 10. The number of carboxylic acids is 1. The van der Waals surface area contributed by atoms with Gasteiger partial charge in [0.05, 0.1) is 6.04 Å². The highest BCUT2D eigenvalue weighted by Gasteiger charge is 2.29. The topological polar surface area (TPSA) is 213 Å². The van der Waals surface area contributed by atoms with Crippen LogP contribution < -0.4 is 32.7 Å². The molecule has 12 nitrogen and oxygen atoms in total. The fraction of sp³-hybridized carbons (Fsp3) is 0.722. The van der Waals surface area contributed by atoms with Gasteiger partial charge in [-0.05, 0) is 25.2 Å². The molecule has 0 spiro atoms. The highest BCUT2D eigenvalue weighted by Crippen LogP contribution is 2.07. The van der Waals surface area contributed by atoms with E-state index in [-0.39, 0.29) is 36.3 Å². The Bertz CT molecular complexity index is 666. The lowest BCUT2D eigenvalue weighted by Gasteiger charge is -2.25. The summed E-state index contributed by atoms with van der Waals surface area (Å²) in [6.45, 7) is 4.01. The van der Waals surface area contributed by atoms with Crippen molar-refractivity contribution in [3.8, 4) is 0 Å². The van der Waals surface area contributed by atoms with Crippen LogP contribution in [0.25, 0.3) is 0 Å². The minimum absolute atomic E-state index is 0.0570. The molecule has 0 aromatic heterocycles. The first-order valence-electron chi connectivity index (χ1n) is 10.1. The first-order valence-corrected chi connectivity index (χ1v) is 11.4. The van der Waals surface area contributed by atoms with Crippen molar-refractivity contribution in [2.24, 2.45) is 17.4 Å². The maximum absolute atomic E-state index is 12.7. The van der Waals surface area contributed by atoms with Crippen LogP contribution >= 0.6 is 25.3 Å². The Morgan fingerprint density at radius 1 is 0.938 bits per heavy atom. The Kier molecular flexibility index (Phi) is 14.5. The molecule has 0 aliphatic carbocycles. The van der Waals surface area contributed by atoms with Crippen LogP contribution in [0.1, 0.15) is 33.1 Å².